The lowest BCUT2D eigenvalue weighted by atomic mass is 10.1. The molecular weight excluding hydrogens is 356 g/mol. The number of carbonyl (C=O) groups is 1. The first-order chi connectivity index (χ1) is 13.2. The fourth-order valence-corrected chi connectivity index (χ4v) is 4.28. The Bertz CT molecular complexity index is 737. The van der Waals surface area contributed by atoms with Crippen LogP contribution < -0.4 is 10.2 Å². The third-order valence-corrected chi connectivity index (χ3v) is 6.12. The Kier molecular flexibility index (Phi) is 7.24. The number of nitrogens with one attached hydrogen (secondary N) is 1. The largest absolute Gasteiger partial charge is 0.369 e. The minimum absolute atomic E-state index is 0.0405. The first kappa shape index (κ1) is 19.8. The fraction of sp³-hybridized carbons (Fsp3) is 0.524. The van der Waals surface area contributed by atoms with E-state index in [1.54, 1.807) is 0 Å². The lowest BCUT2D eigenvalue weighted by Gasteiger charge is -2.36. The number of para-hydroxylation sites is 1. The van der Waals surface area contributed by atoms with E-state index >= 15 is 0 Å². The molecule has 3 rings (SSSR count). The Labute approximate surface area is 166 Å². The molecule has 1 aromatic carbocycles. The third kappa shape index (κ3) is 5.53. The van der Waals surface area contributed by atoms with Crippen LogP contribution in [-0.2, 0) is 6.42 Å². The molecule has 2 heterocycles. The minimum Gasteiger partial charge on any atom is -0.369 e. The second-order valence-electron chi connectivity index (χ2n) is 7.11. The Morgan fingerprint density at radius 2 is 2.00 bits per heavy atom. The van der Waals surface area contributed by atoms with Gasteiger partial charge in [0.05, 0.1) is 0 Å². The Hall–Kier alpha value is -1.92. The Balaban J connectivity index is 1.38. The van der Waals surface area contributed by atoms with Crippen molar-refractivity contribution in [1.29, 1.82) is 0 Å². The molecule has 1 N–H and O–H groups in total. The molecule has 1 saturated heterocycles. The van der Waals surface area contributed by atoms with Crippen molar-refractivity contribution in [3.8, 4) is 0 Å². The summed E-state index contributed by atoms with van der Waals surface area (Å²) >= 11 is 1.52. The van der Waals surface area contributed by atoms with Gasteiger partial charge in [-0.1, -0.05) is 31.5 Å². The van der Waals surface area contributed by atoms with Crippen molar-refractivity contribution in [3.63, 3.8) is 0 Å². The molecule has 1 aliphatic rings. The van der Waals surface area contributed by atoms with Crippen molar-refractivity contribution in [2.24, 2.45) is 0 Å². The number of benzene rings is 1. The number of unbranched alkanes of at least 4 members (excludes halogenated alkanes) is 1. The molecule has 0 spiro atoms. The summed E-state index contributed by atoms with van der Waals surface area (Å²) in [5.41, 5.74) is 2.67. The summed E-state index contributed by atoms with van der Waals surface area (Å²) in [6, 6.07) is 8.57. The van der Waals surface area contributed by atoms with E-state index in [0.717, 1.165) is 52.0 Å². The van der Waals surface area contributed by atoms with Crippen LogP contribution >= 0.6 is 11.3 Å². The number of nitrogens with zero attached hydrogens (tertiary/aromatic N) is 3. The molecule has 2 aromatic rings. The van der Waals surface area contributed by atoms with Crippen molar-refractivity contribution in [2.75, 3.05) is 44.2 Å². The quantitative estimate of drug-likeness (QED) is 0.756. The molecule has 0 saturated carbocycles. The van der Waals surface area contributed by atoms with E-state index in [-0.39, 0.29) is 5.91 Å². The molecule has 0 atom stereocenters. The summed E-state index contributed by atoms with van der Waals surface area (Å²) in [6.45, 7) is 10.0. The fourth-order valence-electron chi connectivity index (χ4n) is 3.41. The van der Waals surface area contributed by atoms with Gasteiger partial charge in [0.1, 0.15) is 0 Å². The highest BCUT2D eigenvalue weighted by atomic mass is 32.1. The van der Waals surface area contributed by atoms with Crippen molar-refractivity contribution in [2.45, 2.75) is 33.1 Å². The molecule has 0 bridgehead atoms. The van der Waals surface area contributed by atoms with Gasteiger partial charge in [0, 0.05) is 56.0 Å². The van der Waals surface area contributed by atoms with Gasteiger partial charge in [0.15, 0.2) is 5.01 Å². The first-order valence-corrected chi connectivity index (χ1v) is 10.7. The number of hydrogen-bond donors (Lipinski definition) is 1. The van der Waals surface area contributed by atoms with Gasteiger partial charge in [-0.3, -0.25) is 9.69 Å². The molecule has 1 aliphatic heterocycles. The van der Waals surface area contributed by atoms with Gasteiger partial charge in [0.2, 0.25) is 0 Å². The van der Waals surface area contributed by atoms with Crippen LogP contribution in [-0.4, -0.2) is 55.1 Å². The van der Waals surface area contributed by atoms with Crippen molar-refractivity contribution < 1.29 is 4.79 Å². The van der Waals surface area contributed by atoms with Crippen molar-refractivity contribution in [1.82, 2.24) is 15.2 Å². The number of anilines is 1. The van der Waals surface area contributed by atoms with Gasteiger partial charge in [-0.15, -0.1) is 11.3 Å². The van der Waals surface area contributed by atoms with Crippen LogP contribution in [0.15, 0.2) is 30.5 Å². The number of hydrogen-bond acceptors (Lipinski definition) is 5. The van der Waals surface area contributed by atoms with Crippen LogP contribution in [0.4, 0.5) is 5.69 Å². The van der Waals surface area contributed by atoms with E-state index < -0.39 is 0 Å². The summed E-state index contributed by atoms with van der Waals surface area (Å²) in [7, 11) is 0. The van der Waals surface area contributed by atoms with Crippen LogP contribution in [0.1, 0.15) is 40.0 Å². The predicted octanol–water partition coefficient (Wildman–Crippen LogP) is 3.35. The number of aromatic nitrogens is 1. The third-order valence-electron chi connectivity index (χ3n) is 5.07. The number of amides is 1. The van der Waals surface area contributed by atoms with E-state index in [4.69, 9.17) is 0 Å². The average Bonchev–Trinajstić information content (AvgIpc) is 3.16. The van der Waals surface area contributed by atoms with Gasteiger partial charge in [-0.2, -0.15) is 0 Å². The number of piperazine rings is 1. The minimum atomic E-state index is -0.0405. The number of thiazole rings is 1. The van der Waals surface area contributed by atoms with Crippen LogP contribution in [0.2, 0.25) is 0 Å². The number of aryl methyl sites for hydroxylation is 2. The van der Waals surface area contributed by atoms with Crippen LogP contribution in [0.25, 0.3) is 0 Å². The normalized spacial score (nSPS) is 15.1. The molecule has 1 fully saturated rings. The smallest absolute Gasteiger partial charge is 0.280 e. The maximum absolute atomic E-state index is 12.3. The van der Waals surface area contributed by atoms with Crippen LogP contribution in [0.3, 0.4) is 0 Å². The molecule has 27 heavy (non-hydrogen) atoms. The van der Waals surface area contributed by atoms with Crippen LogP contribution in [0.5, 0.6) is 0 Å². The molecule has 1 aromatic heterocycles. The van der Waals surface area contributed by atoms with Crippen molar-refractivity contribution in [3.05, 3.63) is 45.9 Å². The second-order valence-corrected chi connectivity index (χ2v) is 8.22. The molecular formula is C21H30N4OS. The maximum Gasteiger partial charge on any atom is 0.280 e. The average molecular weight is 387 g/mol. The Morgan fingerprint density at radius 3 is 2.74 bits per heavy atom. The lowest BCUT2D eigenvalue weighted by Crippen LogP contribution is -2.48. The van der Waals surface area contributed by atoms with Gasteiger partial charge < -0.3 is 10.2 Å². The van der Waals surface area contributed by atoms with Crippen molar-refractivity contribution >= 4 is 22.9 Å². The highest BCUT2D eigenvalue weighted by Gasteiger charge is 2.18. The molecule has 0 aliphatic carbocycles. The molecule has 0 unspecified atom stereocenters. The summed E-state index contributed by atoms with van der Waals surface area (Å²) in [5.74, 6) is -0.0405. The summed E-state index contributed by atoms with van der Waals surface area (Å²) < 4.78 is 0. The SMILES string of the molecule is CCCCc1cnc(C(=O)NCCN2CCN(c3ccccc3C)CC2)s1. The zero-order valence-corrected chi connectivity index (χ0v) is 17.2. The van der Waals surface area contributed by atoms with Gasteiger partial charge in [-0.25, -0.2) is 4.98 Å². The van der Waals surface area contributed by atoms with E-state index in [2.05, 4.69) is 58.2 Å². The second kappa shape index (κ2) is 9.85. The summed E-state index contributed by atoms with van der Waals surface area (Å²) in [4.78, 5) is 22.6. The zero-order chi connectivity index (χ0) is 19.1. The maximum atomic E-state index is 12.3. The highest BCUT2D eigenvalue weighted by Crippen LogP contribution is 2.20. The number of carbonyl (C=O) groups excluding carboxylic acids is 1. The van der Waals surface area contributed by atoms with E-state index in [9.17, 15) is 4.79 Å². The van der Waals surface area contributed by atoms with Gasteiger partial charge in [-0.05, 0) is 31.4 Å². The molecule has 6 heteroatoms. The van der Waals surface area contributed by atoms with Crippen LogP contribution in [0, 0.1) is 6.92 Å². The van der Waals surface area contributed by atoms with E-state index in [0.29, 0.717) is 11.6 Å². The van der Waals surface area contributed by atoms with Gasteiger partial charge in [0.25, 0.3) is 5.91 Å². The molecule has 5 nitrogen and oxygen atoms in total. The first-order valence-electron chi connectivity index (χ1n) is 9.93. The highest BCUT2D eigenvalue weighted by molar-refractivity contribution is 7.13. The van der Waals surface area contributed by atoms with E-state index in [1.165, 1.54) is 27.5 Å². The lowest BCUT2D eigenvalue weighted by molar-refractivity contribution is 0.0947. The van der Waals surface area contributed by atoms with Gasteiger partial charge >= 0.3 is 0 Å². The zero-order valence-electron chi connectivity index (χ0n) is 16.4. The number of rotatable bonds is 8. The standard InChI is InChI=1S/C21H30N4OS/c1-3-4-8-18-16-23-21(27-18)20(26)22-10-11-24-12-14-25(15-13-24)19-9-6-5-7-17(19)2/h5-7,9,16H,3-4,8,10-15H2,1-2H3,(H,22,26). The van der Waals surface area contributed by atoms with E-state index in [1.807, 2.05) is 6.20 Å². The molecule has 146 valence electrons. The topological polar surface area (TPSA) is 48.5 Å². The monoisotopic (exact) mass is 386 g/mol. The molecule has 1 amide bonds. The summed E-state index contributed by atoms with van der Waals surface area (Å²) in [6.07, 6.45) is 5.18. The Morgan fingerprint density at radius 1 is 1.22 bits per heavy atom. The summed E-state index contributed by atoms with van der Waals surface area (Å²) in [5, 5.41) is 3.61. The molecule has 0 radical (unpaired) electrons. The predicted molar refractivity (Wildman–Crippen MR) is 113 cm³/mol.